The van der Waals surface area contributed by atoms with Gasteiger partial charge in [-0.2, -0.15) is 0 Å². The van der Waals surface area contributed by atoms with Crippen molar-refractivity contribution in [2.45, 2.75) is 51.5 Å². The fourth-order valence-corrected chi connectivity index (χ4v) is 2.11. The highest BCUT2D eigenvalue weighted by Gasteiger charge is 2.25. The Labute approximate surface area is 91.1 Å². The first-order valence-electron chi connectivity index (χ1n) is 5.71. The van der Waals surface area contributed by atoms with Crippen LogP contribution in [0.4, 0.5) is 0 Å². The molecule has 0 spiro atoms. The summed E-state index contributed by atoms with van der Waals surface area (Å²) < 4.78 is 2.17. The van der Waals surface area contributed by atoms with Crippen molar-refractivity contribution in [3.05, 3.63) is 17.7 Å². The molecule has 0 fully saturated rings. The predicted molar refractivity (Wildman–Crippen MR) is 60.0 cm³/mol. The number of aliphatic hydroxyl groups is 1. The summed E-state index contributed by atoms with van der Waals surface area (Å²) >= 11 is 0. The van der Waals surface area contributed by atoms with Gasteiger partial charge in [-0.3, -0.25) is 0 Å². The quantitative estimate of drug-likeness (QED) is 0.767. The Hall–Kier alpha value is -0.830. The molecule has 2 rings (SSSR count). The number of fused-ring (bicyclic) bond motifs is 1. The molecule has 0 amide bonds. The Kier molecular flexibility index (Phi) is 2.59. The van der Waals surface area contributed by atoms with Gasteiger partial charge in [0.2, 0.25) is 0 Å². The third kappa shape index (κ3) is 1.93. The maximum atomic E-state index is 9.30. The average Bonchev–Trinajstić information content (AvgIpc) is 2.59. The topological polar surface area (TPSA) is 38.0 Å². The maximum Gasteiger partial charge on any atom is 0.109 e. The largest absolute Gasteiger partial charge is 0.394 e. The smallest absolute Gasteiger partial charge is 0.109 e. The first kappa shape index (κ1) is 10.7. The minimum absolute atomic E-state index is 0.102. The molecule has 0 aromatic carbocycles. The van der Waals surface area contributed by atoms with Crippen LogP contribution in [0.3, 0.4) is 0 Å². The molecule has 0 radical (unpaired) electrons. The van der Waals surface area contributed by atoms with Gasteiger partial charge in [-0.05, 0) is 12.8 Å². The number of rotatable bonds is 1. The summed E-state index contributed by atoms with van der Waals surface area (Å²) in [6, 6.07) is 0.248. The zero-order valence-corrected chi connectivity index (χ0v) is 9.82. The van der Waals surface area contributed by atoms with Crippen molar-refractivity contribution in [3.8, 4) is 0 Å². The summed E-state index contributed by atoms with van der Waals surface area (Å²) in [5.74, 6) is 1.14. The lowest BCUT2D eigenvalue weighted by Crippen LogP contribution is -2.20. The van der Waals surface area contributed by atoms with Crippen LogP contribution in [0, 0.1) is 0 Å². The van der Waals surface area contributed by atoms with Gasteiger partial charge < -0.3 is 9.67 Å². The highest BCUT2D eigenvalue weighted by molar-refractivity contribution is 5.15. The van der Waals surface area contributed by atoms with Gasteiger partial charge in [0.1, 0.15) is 5.82 Å². The summed E-state index contributed by atoms with van der Waals surface area (Å²) in [5, 5.41) is 9.30. The first-order chi connectivity index (χ1) is 7.02. The molecule has 84 valence electrons. The van der Waals surface area contributed by atoms with E-state index in [1.807, 2.05) is 0 Å². The van der Waals surface area contributed by atoms with E-state index in [9.17, 15) is 5.11 Å². The van der Waals surface area contributed by atoms with Crippen molar-refractivity contribution in [1.29, 1.82) is 0 Å². The third-order valence-electron chi connectivity index (χ3n) is 3.12. The number of hydrogen-bond donors (Lipinski definition) is 1. The highest BCUT2D eigenvalue weighted by atomic mass is 16.3. The minimum atomic E-state index is 0.102. The number of aliphatic hydroxyl groups excluding tert-OH is 1. The summed E-state index contributed by atoms with van der Waals surface area (Å²) in [6.45, 7) is 6.76. The maximum absolute atomic E-state index is 9.30. The van der Waals surface area contributed by atoms with Crippen molar-refractivity contribution in [2.75, 3.05) is 6.61 Å². The van der Waals surface area contributed by atoms with Gasteiger partial charge in [-0.25, -0.2) is 4.98 Å². The third-order valence-corrected chi connectivity index (χ3v) is 3.12. The van der Waals surface area contributed by atoms with Crippen LogP contribution in [-0.4, -0.2) is 21.3 Å². The lowest BCUT2D eigenvalue weighted by atomic mass is 9.93. The SMILES string of the molecule is CC(C)(C)c1cn2c(n1)CCCC2CO. The minimum Gasteiger partial charge on any atom is -0.394 e. The van der Waals surface area contributed by atoms with E-state index < -0.39 is 0 Å². The number of imidazole rings is 1. The first-order valence-corrected chi connectivity index (χ1v) is 5.71. The van der Waals surface area contributed by atoms with Crippen molar-refractivity contribution in [2.24, 2.45) is 0 Å². The van der Waals surface area contributed by atoms with Crippen LogP contribution in [0.1, 0.15) is 51.2 Å². The monoisotopic (exact) mass is 208 g/mol. The van der Waals surface area contributed by atoms with Gasteiger partial charge in [0.15, 0.2) is 0 Å². The average molecular weight is 208 g/mol. The van der Waals surface area contributed by atoms with Crippen molar-refractivity contribution in [1.82, 2.24) is 9.55 Å². The van der Waals surface area contributed by atoms with E-state index in [1.165, 1.54) is 0 Å². The molecule has 0 saturated heterocycles. The summed E-state index contributed by atoms with van der Waals surface area (Å²) in [4.78, 5) is 4.67. The molecule has 1 aromatic heterocycles. The standard InChI is InChI=1S/C12H20N2O/c1-12(2,3)10-7-14-9(8-15)5-4-6-11(14)13-10/h7,9,15H,4-6,8H2,1-3H3. The van der Waals surface area contributed by atoms with Crippen molar-refractivity contribution >= 4 is 0 Å². The van der Waals surface area contributed by atoms with E-state index >= 15 is 0 Å². The van der Waals surface area contributed by atoms with Crippen LogP contribution in [0.2, 0.25) is 0 Å². The molecular weight excluding hydrogens is 188 g/mol. The Morgan fingerprint density at radius 1 is 1.53 bits per heavy atom. The molecule has 1 N–H and O–H groups in total. The van der Waals surface area contributed by atoms with E-state index in [-0.39, 0.29) is 18.1 Å². The Morgan fingerprint density at radius 3 is 2.87 bits per heavy atom. The van der Waals surface area contributed by atoms with E-state index in [4.69, 9.17) is 0 Å². The number of hydrogen-bond acceptors (Lipinski definition) is 2. The van der Waals surface area contributed by atoms with E-state index in [0.29, 0.717) is 0 Å². The fraction of sp³-hybridized carbons (Fsp3) is 0.750. The lowest BCUT2D eigenvalue weighted by molar-refractivity contribution is 0.206. The lowest BCUT2D eigenvalue weighted by Gasteiger charge is -2.22. The zero-order valence-electron chi connectivity index (χ0n) is 9.82. The molecule has 15 heavy (non-hydrogen) atoms. The fourth-order valence-electron chi connectivity index (χ4n) is 2.11. The van der Waals surface area contributed by atoms with Gasteiger partial charge >= 0.3 is 0 Å². The molecule has 0 saturated carbocycles. The number of aryl methyl sites for hydroxylation is 1. The molecule has 1 atom stereocenters. The second-order valence-electron chi connectivity index (χ2n) is 5.43. The van der Waals surface area contributed by atoms with Crippen LogP contribution >= 0.6 is 0 Å². The molecule has 0 aliphatic carbocycles. The summed E-state index contributed by atoms with van der Waals surface area (Å²) in [5.41, 5.74) is 1.24. The van der Waals surface area contributed by atoms with Crippen LogP contribution in [0.5, 0.6) is 0 Å². The Balaban J connectivity index is 2.37. The second-order valence-corrected chi connectivity index (χ2v) is 5.43. The van der Waals surface area contributed by atoms with Crippen LogP contribution < -0.4 is 0 Å². The molecule has 2 heterocycles. The van der Waals surface area contributed by atoms with Crippen LogP contribution in [0.25, 0.3) is 0 Å². The van der Waals surface area contributed by atoms with E-state index in [2.05, 4.69) is 36.5 Å². The molecule has 0 bridgehead atoms. The van der Waals surface area contributed by atoms with Crippen molar-refractivity contribution < 1.29 is 5.11 Å². The molecule has 3 heteroatoms. The normalized spacial score (nSPS) is 21.5. The molecule has 1 aliphatic rings. The molecule has 1 unspecified atom stereocenters. The number of nitrogens with zero attached hydrogens (tertiary/aromatic N) is 2. The molecule has 1 aliphatic heterocycles. The predicted octanol–water partition coefficient (Wildman–Crippen LogP) is 2.05. The Morgan fingerprint density at radius 2 is 2.27 bits per heavy atom. The Bertz CT molecular complexity index is 349. The van der Waals surface area contributed by atoms with E-state index in [1.54, 1.807) is 0 Å². The van der Waals surface area contributed by atoms with Crippen LogP contribution in [-0.2, 0) is 11.8 Å². The van der Waals surface area contributed by atoms with Gasteiger partial charge in [0.25, 0.3) is 0 Å². The van der Waals surface area contributed by atoms with Gasteiger partial charge in [0.05, 0.1) is 18.3 Å². The zero-order chi connectivity index (χ0) is 11.1. The second kappa shape index (κ2) is 3.63. The van der Waals surface area contributed by atoms with E-state index in [0.717, 1.165) is 30.8 Å². The molecule has 1 aromatic rings. The molecule has 3 nitrogen and oxygen atoms in total. The van der Waals surface area contributed by atoms with Crippen LogP contribution in [0.15, 0.2) is 6.20 Å². The van der Waals surface area contributed by atoms with Gasteiger partial charge in [-0.1, -0.05) is 20.8 Å². The van der Waals surface area contributed by atoms with Crippen molar-refractivity contribution in [3.63, 3.8) is 0 Å². The molecular formula is C12H20N2O. The summed E-state index contributed by atoms with van der Waals surface area (Å²) in [6.07, 6.45) is 5.39. The summed E-state index contributed by atoms with van der Waals surface area (Å²) in [7, 11) is 0. The highest BCUT2D eigenvalue weighted by Crippen LogP contribution is 2.28. The van der Waals surface area contributed by atoms with Gasteiger partial charge in [0, 0.05) is 18.0 Å². The number of aromatic nitrogens is 2. The van der Waals surface area contributed by atoms with Gasteiger partial charge in [-0.15, -0.1) is 0 Å².